The fraction of sp³-hybridized carbons (Fsp3) is 0.333. The maximum Gasteiger partial charge on any atom is 0.137 e. The summed E-state index contributed by atoms with van der Waals surface area (Å²) in [7, 11) is 0. The van der Waals surface area contributed by atoms with Crippen molar-refractivity contribution in [2.75, 3.05) is 0 Å². The highest BCUT2D eigenvalue weighted by Crippen LogP contribution is 2.29. The minimum atomic E-state index is -0.00255. The van der Waals surface area contributed by atoms with Crippen molar-refractivity contribution in [1.29, 1.82) is 0 Å². The topological polar surface area (TPSA) is 56.7 Å². The second-order valence-electron chi connectivity index (χ2n) is 3.35. The van der Waals surface area contributed by atoms with Crippen molar-refractivity contribution in [3.63, 3.8) is 0 Å². The summed E-state index contributed by atoms with van der Waals surface area (Å²) in [5.74, 6) is 0. The molecule has 0 amide bonds. The van der Waals surface area contributed by atoms with Crippen LogP contribution in [0.5, 0.6) is 0 Å². The van der Waals surface area contributed by atoms with Gasteiger partial charge >= 0.3 is 0 Å². The van der Waals surface area contributed by atoms with Crippen LogP contribution in [0.2, 0.25) is 0 Å². The number of halogens is 1. The maximum absolute atomic E-state index is 5.97. The Labute approximate surface area is 100 Å². The summed E-state index contributed by atoms with van der Waals surface area (Å²) >= 11 is 5.11. The minimum absolute atomic E-state index is 0.00255. The third-order valence-electron chi connectivity index (χ3n) is 2.10. The molecule has 2 rings (SSSR count). The predicted octanol–water partition coefficient (Wildman–Crippen LogP) is 2.04. The lowest BCUT2D eigenvalue weighted by atomic mass is 10.1. The van der Waals surface area contributed by atoms with Crippen LogP contribution in [-0.4, -0.2) is 20.8 Å². The van der Waals surface area contributed by atoms with Gasteiger partial charge in [0, 0.05) is 20.8 Å². The highest BCUT2D eigenvalue weighted by molar-refractivity contribution is 9.10. The van der Waals surface area contributed by atoms with Crippen LogP contribution in [0.1, 0.15) is 17.8 Å². The second kappa shape index (κ2) is 4.42. The standard InChI is InChI=1S/C9H11BrN4S/c1-6(11)9(14-5-12-4-13-14)8-2-7(10)3-15-8/h2-6,9H,11H2,1H3. The Balaban J connectivity index is 2.36. The molecule has 4 nitrogen and oxygen atoms in total. The number of aromatic nitrogens is 3. The van der Waals surface area contributed by atoms with Crippen molar-refractivity contribution in [2.24, 2.45) is 5.73 Å². The average Bonchev–Trinajstić information content (AvgIpc) is 2.77. The van der Waals surface area contributed by atoms with Gasteiger partial charge in [-0.05, 0) is 28.9 Å². The highest BCUT2D eigenvalue weighted by Gasteiger charge is 2.20. The van der Waals surface area contributed by atoms with E-state index in [1.54, 1.807) is 22.3 Å². The van der Waals surface area contributed by atoms with Gasteiger partial charge in [0.05, 0.1) is 0 Å². The van der Waals surface area contributed by atoms with Gasteiger partial charge in [0.25, 0.3) is 0 Å². The van der Waals surface area contributed by atoms with E-state index in [0.717, 1.165) is 4.47 Å². The van der Waals surface area contributed by atoms with E-state index < -0.39 is 0 Å². The van der Waals surface area contributed by atoms with Crippen LogP contribution in [0.4, 0.5) is 0 Å². The molecule has 0 saturated heterocycles. The van der Waals surface area contributed by atoms with E-state index in [0.29, 0.717) is 0 Å². The van der Waals surface area contributed by atoms with Gasteiger partial charge in [0.1, 0.15) is 18.7 Å². The van der Waals surface area contributed by atoms with E-state index in [2.05, 4.69) is 32.1 Å². The zero-order valence-corrected chi connectivity index (χ0v) is 10.6. The maximum atomic E-state index is 5.97. The summed E-state index contributed by atoms with van der Waals surface area (Å²) in [5, 5.41) is 6.18. The molecule has 0 aliphatic carbocycles. The van der Waals surface area contributed by atoms with Gasteiger partial charge in [-0.15, -0.1) is 11.3 Å². The normalized spacial score (nSPS) is 15.1. The Morgan fingerprint density at radius 2 is 2.40 bits per heavy atom. The number of rotatable bonds is 3. The molecule has 2 N–H and O–H groups in total. The Hall–Kier alpha value is -0.720. The third-order valence-corrected chi connectivity index (χ3v) is 3.86. The van der Waals surface area contributed by atoms with E-state index in [9.17, 15) is 0 Å². The first-order valence-corrected chi connectivity index (χ1v) is 6.19. The molecular weight excluding hydrogens is 276 g/mol. The molecule has 2 aromatic heterocycles. The van der Waals surface area contributed by atoms with Crippen molar-refractivity contribution in [2.45, 2.75) is 19.0 Å². The Kier molecular flexibility index (Phi) is 3.18. The lowest BCUT2D eigenvalue weighted by Gasteiger charge is -2.19. The highest BCUT2D eigenvalue weighted by atomic mass is 79.9. The van der Waals surface area contributed by atoms with Gasteiger partial charge in [-0.25, -0.2) is 9.67 Å². The number of hydrogen-bond acceptors (Lipinski definition) is 4. The van der Waals surface area contributed by atoms with Crippen LogP contribution in [-0.2, 0) is 0 Å². The summed E-state index contributed by atoms with van der Waals surface area (Å²) < 4.78 is 2.87. The Bertz CT molecular complexity index is 423. The van der Waals surface area contributed by atoms with Crippen LogP contribution < -0.4 is 5.73 Å². The van der Waals surface area contributed by atoms with E-state index in [1.807, 2.05) is 12.3 Å². The van der Waals surface area contributed by atoms with Gasteiger partial charge in [-0.1, -0.05) is 0 Å². The van der Waals surface area contributed by atoms with Gasteiger partial charge in [0.15, 0.2) is 0 Å². The molecule has 2 aromatic rings. The van der Waals surface area contributed by atoms with Crippen LogP contribution in [0.15, 0.2) is 28.6 Å². The first-order valence-electron chi connectivity index (χ1n) is 4.52. The first kappa shape index (κ1) is 10.8. The van der Waals surface area contributed by atoms with Gasteiger partial charge in [-0.2, -0.15) is 5.10 Å². The van der Waals surface area contributed by atoms with E-state index in [4.69, 9.17) is 5.73 Å². The largest absolute Gasteiger partial charge is 0.326 e. The van der Waals surface area contributed by atoms with Crippen LogP contribution in [0, 0.1) is 0 Å². The molecule has 2 heterocycles. The SMILES string of the molecule is CC(N)C(c1cc(Br)cs1)n1cncn1. The zero-order valence-electron chi connectivity index (χ0n) is 8.17. The molecular formula is C9H11BrN4S. The Morgan fingerprint density at radius 3 is 2.87 bits per heavy atom. The molecule has 0 spiro atoms. The number of nitrogens with two attached hydrogens (primary N) is 1. The molecule has 0 aliphatic heterocycles. The van der Waals surface area contributed by atoms with Crippen molar-refractivity contribution in [3.05, 3.63) is 33.5 Å². The number of nitrogens with zero attached hydrogens (tertiary/aromatic N) is 3. The molecule has 0 fully saturated rings. The average molecular weight is 287 g/mol. The number of hydrogen-bond donors (Lipinski definition) is 1. The smallest absolute Gasteiger partial charge is 0.137 e. The fourth-order valence-electron chi connectivity index (χ4n) is 1.47. The van der Waals surface area contributed by atoms with Crippen molar-refractivity contribution < 1.29 is 0 Å². The monoisotopic (exact) mass is 286 g/mol. The summed E-state index contributed by atoms with van der Waals surface area (Å²) in [5.41, 5.74) is 5.97. The summed E-state index contributed by atoms with van der Waals surface area (Å²) in [4.78, 5) is 5.13. The van der Waals surface area contributed by atoms with Crippen molar-refractivity contribution >= 4 is 27.3 Å². The van der Waals surface area contributed by atoms with Gasteiger partial charge < -0.3 is 5.73 Å². The molecule has 15 heavy (non-hydrogen) atoms. The van der Waals surface area contributed by atoms with Crippen molar-refractivity contribution in [1.82, 2.24) is 14.8 Å². The Morgan fingerprint density at radius 1 is 1.60 bits per heavy atom. The van der Waals surface area contributed by atoms with Crippen LogP contribution >= 0.6 is 27.3 Å². The molecule has 0 saturated carbocycles. The quantitative estimate of drug-likeness (QED) is 0.939. The summed E-state index contributed by atoms with van der Waals surface area (Å²) in [6.07, 6.45) is 3.22. The van der Waals surface area contributed by atoms with E-state index in [-0.39, 0.29) is 12.1 Å². The molecule has 0 aliphatic rings. The van der Waals surface area contributed by atoms with E-state index >= 15 is 0 Å². The molecule has 6 heteroatoms. The molecule has 2 unspecified atom stereocenters. The molecule has 80 valence electrons. The fourth-order valence-corrected chi connectivity index (χ4v) is 3.13. The lowest BCUT2D eigenvalue weighted by Crippen LogP contribution is -2.30. The van der Waals surface area contributed by atoms with Crippen molar-refractivity contribution in [3.8, 4) is 0 Å². The molecule has 0 radical (unpaired) electrons. The third kappa shape index (κ3) is 2.27. The summed E-state index contributed by atoms with van der Waals surface area (Å²) in [6, 6.07) is 2.13. The number of thiophene rings is 1. The minimum Gasteiger partial charge on any atom is -0.326 e. The van der Waals surface area contributed by atoms with E-state index in [1.165, 1.54) is 11.2 Å². The summed E-state index contributed by atoms with van der Waals surface area (Å²) in [6.45, 7) is 1.97. The van der Waals surface area contributed by atoms with Crippen LogP contribution in [0.25, 0.3) is 0 Å². The molecule has 0 bridgehead atoms. The van der Waals surface area contributed by atoms with Crippen LogP contribution in [0.3, 0.4) is 0 Å². The molecule has 2 atom stereocenters. The zero-order chi connectivity index (χ0) is 10.8. The predicted molar refractivity (Wildman–Crippen MR) is 63.8 cm³/mol. The molecule has 0 aromatic carbocycles. The lowest BCUT2D eigenvalue weighted by molar-refractivity contribution is 0.459. The van der Waals surface area contributed by atoms with Gasteiger partial charge in [-0.3, -0.25) is 0 Å². The van der Waals surface area contributed by atoms with Gasteiger partial charge in [0.2, 0.25) is 0 Å². The second-order valence-corrected chi connectivity index (χ2v) is 5.21. The first-order chi connectivity index (χ1) is 7.18.